The number of carbonyl (C=O) groups is 1. The first-order valence-electron chi connectivity index (χ1n) is 8.36. The highest BCUT2D eigenvalue weighted by Gasteiger charge is 2.47. The zero-order valence-electron chi connectivity index (χ0n) is 15.6. The molecule has 6 nitrogen and oxygen atoms in total. The second-order valence-corrected chi connectivity index (χ2v) is 10.1. The van der Waals surface area contributed by atoms with Crippen molar-refractivity contribution in [1.82, 2.24) is 9.76 Å². The molecule has 0 bridgehead atoms. The molecule has 1 aliphatic rings. The molecular weight excluding hydrogens is 391 g/mol. The second kappa shape index (κ2) is 8.74. The predicted octanol–water partition coefficient (Wildman–Crippen LogP) is 3.99. The molecule has 1 saturated heterocycles. The minimum atomic E-state index is -3.68. The third-order valence-electron chi connectivity index (χ3n) is 4.06. The summed E-state index contributed by atoms with van der Waals surface area (Å²) >= 11 is 6.93. The smallest absolute Gasteiger partial charge is 0.421 e. The van der Waals surface area contributed by atoms with Gasteiger partial charge in [0.2, 0.25) is 0 Å². The van der Waals surface area contributed by atoms with Crippen molar-refractivity contribution in [1.29, 1.82) is 0 Å². The molecule has 3 atom stereocenters. The van der Waals surface area contributed by atoms with Gasteiger partial charge in [0.15, 0.2) is 0 Å². The van der Waals surface area contributed by atoms with Crippen LogP contribution in [0.2, 0.25) is 0 Å². The van der Waals surface area contributed by atoms with E-state index in [1.807, 2.05) is 32.9 Å². The topological polar surface area (TPSA) is 67.9 Å². The van der Waals surface area contributed by atoms with Crippen LogP contribution in [-0.4, -0.2) is 39.9 Å². The molecule has 0 spiro atoms. The maximum Gasteiger partial charge on any atom is 0.421 e. The first kappa shape index (κ1) is 21.2. The Kier molecular flexibility index (Phi) is 7.13. The lowest BCUT2D eigenvalue weighted by molar-refractivity contribution is -0.142. The summed E-state index contributed by atoms with van der Waals surface area (Å²) in [6.45, 7) is 7.62. The first-order valence-corrected chi connectivity index (χ1v) is 11.3. The van der Waals surface area contributed by atoms with E-state index in [0.717, 1.165) is 11.3 Å². The third-order valence-corrected chi connectivity index (χ3v) is 8.07. The fraction of sp³-hybridized carbons (Fsp3) is 0.529. The Morgan fingerprint density at radius 1 is 1.42 bits per heavy atom. The molecule has 0 saturated carbocycles. The van der Waals surface area contributed by atoms with Crippen LogP contribution in [0, 0.1) is 12.8 Å². The van der Waals surface area contributed by atoms with Crippen LogP contribution < -0.4 is 9.61 Å². The molecule has 26 heavy (non-hydrogen) atoms. The lowest BCUT2D eigenvalue weighted by atomic mass is 10.1. The molecule has 144 valence electrons. The van der Waals surface area contributed by atoms with Crippen LogP contribution in [0.5, 0.6) is 5.75 Å². The number of thiocarbonyl (C=S) groups is 1. The average molecular weight is 417 g/mol. The summed E-state index contributed by atoms with van der Waals surface area (Å²) in [6, 6.07) is 6.43. The van der Waals surface area contributed by atoms with Crippen molar-refractivity contribution >= 4 is 41.9 Å². The standard InChI is InChI=1S/C17H25N2O4PS2/c1-11(2)15-10-26-17(25)19(15)24(21,18-13(4)16(20)22-5)23-14-8-6-7-12(3)9-14/h6-9,11,13,15H,10H2,1-5H3,(H,18,21)/t13-,15+,24-/m0/s1. The van der Waals surface area contributed by atoms with Gasteiger partial charge in [0.1, 0.15) is 16.1 Å². The Morgan fingerprint density at radius 3 is 2.69 bits per heavy atom. The number of rotatable bonds is 7. The zero-order valence-corrected chi connectivity index (χ0v) is 18.1. The van der Waals surface area contributed by atoms with E-state index in [-0.39, 0.29) is 12.0 Å². The van der Waals surface area contributed by atoms with Gasteiger partial charge < -0.3 is 9.26 Å². The number of carbonyl (C=O) groups excluding carboxylic acids is 1. The highest BCUT2D eigenvalue weighted by atomic mass is 32.2. The number of ether oxygens (including phenoxy) is 1. The van der Waals surface area contributed by atoms with Crippen molar-refractivity contribution in [2.45, 2.75) is 39.8 Å². The van der Waals surface area contributed by atoms with Gasteiger partial charge in [-0.2, -0.15) is 0 Å². The molecule has 0 radical (unpaired) electrons. The van der Waals surface area contributed by atoms with Crippen molar-refractivity contribution in [3.05, 3.63) is 29.8 Å². The van der Waals surface area contributed by atoms with E-state index in [1.165, 1.54) is 18.9 Å². The minimum Gasteiger partial charge on any atom is -0.468 e. The fourth-order valence-corrected chi connectivity index (χ4v) is 7.22. The van der Waals surface area contributed by atoms with Crippen molar-refractivity contribution in [3.8, 4) is 5.75 Å². The Balaban J connectivity index is 2.41. The molecular formula is C17H25N2O4PS2. The lowest BCUT2D eigenvalue weighted by Gasteiger charge is -2.35. The average Bonchev–Trinajstić information content (AvgIpc) is 2.96. The van der Waals surface area contributed by atoms with Gasteiger partial charge in [-0.05, 0) is 37.5 Å². The van der Waals surface area contributed by atoms with Gasteiger partial charge in [-0.25, -0.2) is 9.65 Å². The molecule has 1 N–H and O–H groups in total. The normalized spacial score (nSPS) is 20.8. The van der Waals surface area contributed by atoms with E-state index in [9.17, 15) is 9.36 Å². The number of benzene rings is 1. The van der Waals surface area contributed by atoms with Crippen LogP contribution in [0.25, 0.3) is 0 Å². The predicted molar refractivity (Wildman–Crippen MR) is 110 cm³/mol. The van der Waals surface area contributed by atoms with Crippen LogP contribution >= 0.6 is 31.7 Å². The van der Waals surface area contributed by atoms with Crippen LogP contribution in [0.1, 0.15) is 26.3 Å². The number of nitrogens with one attached hydrogen (secondary N) is 1. The summed E-state index contributed by atoms with van der Waals surface area (Å²) in [4.78, 5) is 11.9. The molecule has 1 aromatic carbocycles. The zero-order chi connectivity index (χ0) is 19.5. The number of hydrogen-bond acceptors (Lipinski definition) is 6. The van der Waals surface area contributed by atoms with Gasteiger partial charge in [0, 0.05) is 5.75 Å². The molecule has 0 amide bonds. The van der Waals surface area contributed by atoms with Gasteiger partial charge in [-0.3, -0.25) is 9.46 Å². The molecule has 9 heteroatoms. The Labute approximate surface area is 164 Å². The molecule has 0 aromatic heterocycles. The summed E-state index contributed by atoms with van der Waals surface area (Å²) < 4.78 is 26.8. The van der Waals surface area contributed by atoms with E-state index >= 15 is 0 Å². The SMILES string of the molecule is COC(=O)[C@H](C)N[P@](=O)(Oc1cccc(C)c1)N1C(=S)SC[C@@H]1C(C)C. The number of hydrogen-bond donors (Lipinski definition) is 1. The monoisotopic (exact) mass is 416 g/mol. The summed E-state index contributed by atoms with van der Waals surface area (Å²) in [6.07, 6.45) is 0. The molecule has 0 aliphatic carbocycles. The number of nitrogens with zero attached hydrogens (tertiary/aromatic N) is 1. The largest absolute Gasteiger partial charge is 0.468 e. The quantitative estimate of drug-likeness (QED) is 0.407. The summed E-state index contributed by atoms with van der Waals surface area (Å²) in [5.41, 5.74) is 0.980. The molecule has 2 rings (SSSR count). The summed E-state index contributed by atoms with van der Waals surface area (Å²) in [7, 11) is -2.39. The Bertz CT molecular complexity index is 728. The minimum absolute atomic E-state index is 0.0551. The molecule has 0 unspecified atom stereocenters. The first-order chi connectivity index (χ1) is 12.2. The van der Waals surface area contributed by atoms with E-state index in [1.54, 1.807) is 23.7 Å². The van der Waals surface area contributed by atoms with Gasteiger partial charge in [-0.1, -0.05) is 50.0 Å². The van der Waals surface area contributed by atoms with E-state index in [2.05, 4.69) is 5.09 Å². The van der Waals surface area contributed by atoms with Gasteiger partial charge in [0.25, 0.3) is 0 Å². The van der Waals surface area contributed by atoms with Gasteiger partial charge in [0.05, 0.1) is 13.2 Å². The number of esters is 1. The second-order valence-electron chi connectivity index (χ2n) is 6.53. The fourth-order valence-electron chi connectivity index (χ4n) is 2.63. The molecule has 1 aromatic rings. The maximum atomic E-state index is 13.9. The molecule has 1 fully saturated rings. The Hall–Kier alpha value is -1.08. The summed E-state index contributed by atoms with van der Waals surface area (Å²) in [5, 5.41) is 2.85. The third kappa shape index (κ3) is 4.80. The van der Waals surface area contributed by atoms with Crippen molar-refractivity contribution in [3.63, 3.8) is 0 Å². The van der Waals surface area contributed by atoms with E-state index < -0.39 is 19.7 Å². The van der Waals surface area contributed by atoms with Crippen LogP contribution in [0.3, 0.4) is 0 Å². The number of thioether (sulfide) groups is 1. The Morgan fingerprint density at radius 2 is 2.12 bits per heavy atom. The van der Waals surface area contributed by atoms with Crippen molar-refractivity contribution in [2.24, 2.45) is 5.92 Å². The highest BCUT2D eigenvalue weighted by molar-refractivity contribution is 8.23. The lowest BCUT2D eigenvalue weighted by Crippen LogP contribution is -2.44. The van der Waals surface area contributed by atoms with Crippen LogP contribution in [-0.2, 0) is 14.1 Å². The van der Waals surface area contributed by atoms with Crippen molar-refractivity contribution < 1.29 is 18.6 Å². The van der Waals surface area contributed by atoms with Gasteiger partial charge >= 0.3 is 13.6 Å². The van der Waals surface area contributed by atoms with Gasteiger partial charge in [-0.15, -0.1) is 0 Å². The maximum absolute atomic E-state index is 13.9. The highest BCUT2D eigenvalue weighted by Crippen LogP contribution is 2.54. The number of aryl methyl sites for hydroxylation is 1. The number of methoxy groups -OCH3 is 1. The van der Waals surface area contributed by atoms with E-state index in [0.29, 0.717) is 10.1 Å². The van der Waals surface area contributed by atoms with Crippen LogP contribution in [0.4, 0.5) is 0 Å². The molecule has 1 heterocycles. The summed E-state index contributed by atoms with van der Waals surface area (Å²) in [5.74, 6) is 0.885. The van der Waals surface area contributed by atoms with Crippen LogP contribution in [0.15, 0.2) is 24.3 Å². The van der Waals surface area contributed by atoms with E-state index in [4.69, 9.17) is 21.5 Å². The van der Waals surface area contributed by atoms with Crippen molar-refractivity contribution in [2.75, 3.05) is 12.9 Å². The molecule has 1 aliphatic heterocycles.